The summed E-state index contributed by atoms with van der Waals surface area (Å²) >= 11 is 5.92. The van der Waals surface area contributed by atoms with Crippen molar-refractivity contribution in [2.24, 2.45) is 0 Å². The van der Waals surface area contributed by atoms with Crippen molar-refractivity contribution >= 4 is 29.1 Å². The Morgan fingerprint density at radius 1 is 1.15 bits per heavy atom. The van der Waals surface area contributed by atoms with E-state index in [1.165, 1.54) is 6.20 Å². The summed E-state index contributed by atoms with van der Waals surface area (Å²) in [6, 6.07) is 10.2. The highest BCUT2D eigenvalue weighted by Gasteiger charge is 2.09. The molecule has 1 aromatic carbocycles. The number of amides is 2. The van der Waals surface area contributed by atoms with Crippen LogP contribution in [0.5, 0.6) is 0 Å². The molecule has 6 heteroatoms. The molecule has 1 heterocycles. The molecule has 2 N–H and O–H groups in total. The largest absolute Gasteiger partial charge is 0.343 e. The summed E-state index contributed by atoms with van der Waals surface area (Å²) in [5.74, 6) is -0.706. The Morgan fingerprint density at radius 3 is 2.65 bits per heavy atom. The maximum Gasteiger partial charge on any atom is 0.253 e. The fourth-order valence-electron chi connectivity index (χ4n) is 1.52. The van der Waals surface area contributed by atoms with Crippen LogP contribution in [0.4, 0.5) is 5.69 Å². The number of halogens is 1. The van der Waals surface area contributed by atoms with Gasteiger partial charge in [0, 0.05) is 12.4 Å². The Balaban J connectivity index is 1.87. The first-order chi connectivity index (χ1) is 9.66. The smallest absolute Gasteiger partial charge is 0.253 e. The lowest BCUT2D eigenvalue weighted by atomic mass is 10.2. The van der Waals surface area contributed by atoms with E-state index in [0.29, 0.717) is 16.3 Å². The van der Waals surface area contributed by atoms with E-state index in [1.54, 1.807) is 42.6 Å². The fraction of sp³-hybridized carbons (Fsp3) is 0.0714. The topological polar surface area (TPSA) is 71.1 Å². The first-order valence-corrected chi connectivity index (χ1v) is 6.27. The molecule has 2 aromatic rings. The van der Waals surface area contributed by atoms with Gasteiger partial charge in [0.05, 0.1) is 22.8 Å². The van der Waals surface area contributed by atoms with Crippen LogP contribution in [0, 0.1) is 0 Å². The van der Waals surface area contributed by atoms with E-state index >= 15 is 0 Å². The summed E-state index contributed by atoms with van der Waals surface area (Å²) in [6.07, 6.45) is 3.00. The van der Waals surface area contributed by atoms with Gasteiger partial charge in [-0.15, -0.1) is 0 Å². The molecule has 0 aliphatic heterocycles. The van der Waals surface area contributed by atoms with Crippen molar-refractivity contribution in [3.63, 3.8) is 0 Å². The van der Waals surface area contributed by atoms with Crippen molar-refractivity contribution in [2.75, 3.05) is 11.9 Å². The van der Waals surface area contributed by atoms with E-state index in [0.717, 1.165) is 0 Å². The number of nitrogens with one attached hydrogen (secondary N) is 2. The van der Waals surface area contributed by atoms with Gasteiger partial charge in [-0.1, -0.05) is 23.7 Å². The second kappa shape index (κ2) is 6.68. The van der Waals surface area contributed by atoms with E-state index in [1.807, 2.05) is 0 Å². The highest BCUT2D eigenvalue weighted by Crippen LogP contribution is 2.19. The molecular formula is C14H12ClN3O2. The molecule has 0 aliphatic carbocycles. The van der Waals surface area contributed by atoms with Crippen molar-refractivity contribution in [3.8, 4) is 0 Å². The van der Waals surface area contributed by atoms with Crippen LogP contribution in [0.2, 0.25) is 5.02 Å². The molecule has 0 saturated carbocycles. The van der Waals surface area contributed by atoms with Crippen LogP contribution in [0.25, 0.3) is 0 Å². The Labute approximate surface area is 121 Å². The number of benzene rings is 1. The predicted octanol–water partition coefficient (Wildman–Crippen LogP) is 2.10. The molecular weight excluding hydrogens is 278 g/mol. The number of hydrogen-bond acceptors (Lipinski definition) is 3. The first-order valence-electron chi connectivity index (χ1n) is 5.89. The zero-order valence-corrected chi connectivity index (χ0v) is 11.2. The molecule has 0 spiro atoms. The molecule has 2 amide bonds. The minimum Gasteiger partial charge on any atom is -0.343 e. The Bertz CT molecular complexity index is 617. The Kier molecular flexibility index (Phi) is 4.68. The van der Waals surface area contributed by atoms with E-state index in [4.69, 9.17) is 11.6 Å². The molecule has 0 atom stereocenters. The molecule has 20 heavy (non-hydrogen) atoms. The third kappa shape index (κ3) is 3.80. The normalized spacial score (nSPS) is 9.85. The van der Waals surface area contributed by atoms with Gasteiger partial charge in [-0.3, -0.25) is 14.6 Å². The Morgan fingerprint density at radius 2 is 1.95 bits per heavy atom. The van der Waals surface area contributed by atoms with Crippen molar-refractivity contribution in [2.45, 2.75) is 0 Å². The van der Waals surface area contributed by atoms with E-state index in [9.17, 15) is 9.59 Å². The SMILES string of the molecule is O=C(CNC(=O)c1cccnc1)Nc1ccccc1Cl. The fourth-order valence-corrected chi connectivity index (χ4v) is 1.70. The number of carbonyl (C=O) groups excluding carboxylic acids is 2. The van der Waals surface area contributed by atoms with Gasteiger partial charge in [0.15, 0.2) is 0 Å². The Hall–Kier alpha value is -2.40. The van der Waals surface area contributed by atoms with Gasteiger partial charge in [0.2, 0.25) is 5.91 Å². The molecule has 0 unspecified atom stereocenters. The molecule has 102 valence electrons. The van der Waals surface area contributed by atoms with Gasteiger partial charge < -0.3 is 10.6 Å². The number of rotatable bonds is 4. The van der Waals surface area contributed by atoms with E-state index < -0.39 is 0 Å². The summed E-state index contributed by atoms with van der Waals surface area (Å²) in [6.45, 7) is -0.140. The molecule has 0 fully saturated rings. The number of para-hydroxylation sites is 1. The molecule has 0 bridgehead atoms. The van der Waals surface area contributed by atoms with Crippen LogP contribution in [0.3, 0.4) is 0 Å². The van der Waals surface area contributed by atoms with Crippen molar-refractivity contribution < 1.29 is 9.59 Å². The summed E-state index contributed by atoms with van der Waals surface area (Å²) in [5, 5.41) is 5.56. The second-order valence-corrected chi connectivity index (χ2v) is 4.36. The molecule has 1 aromatic heterocycles. The van der Waals surface area contributed by atoms with Gasteiger partial charge in [-0.25, -0.2) is 0 Å². The minimum absolute atomic E-state index is 0.140. The van der Waals surface area contributed by atoms with Gasteiger partial charge >= 0.3 is 0 Å². The van der Waals surface area contributed by atoms with Crippen molar-refractivity contribution in [3.05, 3.63) is 59.4 Å². The number of anilines is 1. The first kappa shape index (κ1) is 14.0. The van der Waals surface area contributed by atoms with Crippen LogP contribution in [-0.2, 0) is 4.79 Å². The lowest BCUT2D eigenvalue weighted by molar-refractivity contribution is -0.115. The number of nitrogens with zero attached hydrogens (tertiary/aromatic N) is 1. The van der Waals surface area contributed by atoms with Gasteiger partial charge in [-0.05, 0) is 24.3 Å². The number of aromatic nitrogens is 1. The summed E-state index contributed by atoms with van der Waals surface area (Å²) in [7, 11) is 0. The summed E-state index contributed by atoms with van der Waals surface area (Å²) in [4.78, 5) is 27.2. The predicted molar refractivity (Wildman–Crippen MR) is 76.7 cm³/mol. The third-order valence-corrected chi connectivity index (χ3v) is 2.81. The molecule has 5 nitrogen and oxygen atoms in total. The number of pyridine rings is 1. The van der Waals surface area contributed by atoms with Crippen LogP contribution in [0.15, 0.2) is 48.8 Å². The average molecular weight is 290 g/mol. The second-order valence-electron chi connectivity index (χ2n) is 3.95. The highest BCUT2D eigenvalue weighted by molar-refractivity contribution is 6.33. The zero-order chi connectivity index (χ0) is 14.4. The van der Waals surface area contributed by atoms with E-state index in [-0.39, 0.29) is 18.4 Å². The quantitative estimate of drug-likeness (QED) is 0.905. The maximum absolute atomic E-state index is 11.7. The highest BCUT2D eigenvalue weighted by atomic mass is 35.5. The van der Waals surface area contributed by atoms with Crippen molar-refractivity contribution in [1.29, 1.82) is 0 Å². The van der Waals surface area contributed by atoms with Gasteiger partial charge in [0.25, 0.3) is 5.91 Å². The monoisotopic (exact) mass is 289 g/mol. The van der Waals surface area contributed by atoms with Gasteiger partial charge in [-0.2, -0.15) is 0 Å². The zero-order valence-electron chi connectivity index (χ0n) is 10.5. The number of carbonyl (C=O) groups is 2. The molecule has 0 radical (unpaired) electrons. The van der Waals surface area contributed by atoms with Crippen LogP contribution in [-0.4, -0.2) is 23.3 Å². The standard InChI is InChI=1S/C14H12ClN3O2/c15-11-5-1-2-6-12(11)18-13(19)9-17-14(20)10-4-3-7-16-8-10/h1-8H,9H2,(H,17,20)(H,18,19). The lowest BCUT2D eigenvalue weighted by Crippen LogP contribution is -2.32. The summed E-state index contributed by atoms with van der Waals surface area (Å²) in [5.41, 5.74) is 0.910. The minimum atomic E-state index is -0.354. The van der Waals surface area contributed by atoms with Crippen molar-refractivity contribution in [1.82, 2.24) is 10.3 Å². The van der Waals surface area contributed by atoms with Crippen LogP contribution < -0.4 is 10.6 Å². The number of hydrogen-bond donors (Lipinski definition) is 2. The third-order valence-electron chi connectivity index (χ3n) is 2.48. The van der Waals surface area contributed by atoms with E-state index in [2.05, 4.69) is 15.6 Å². The van der Waals surface area contributed by atoms with Crippen LogP contribution in [0.1, 0.15) is 10.4 Å². The maximum atomic E-state index is 11.7. The summed E-state index contributed by atoms with van der Waals surface area (Å²) < 4.78 is 0. The molecule has 0 saturated heterocycles. The average Bonchev–Trinajstić information content (AvgIpc) is 2.48. The lowest BCUT2D eigenvalue weighted by Gasteiger charge is -2.08. The van der Waals surface area contributed by atoms with Gasteiger partial charge in [0.1, 0.15) is 0 Å². The molecule has 2 rings (SSSR count). The van der Waals surface area contributed by atoms with Crippen LogP contribution >= 0.6 is 11.6 Å². The molecule has 0 aliphatic rings.